The molecule has 0 aromatic heterocycles. The Balaban J connectivity index is 0.000000151. The number of hydrogen-bond acceptors (Lipinski definition) is 7. The summed E-state index contributed by atoms with van der Waals surface area (Å²) in [5, 5.41) is 11.4. The summed E-state index contributed by atoms with van der Waals surface area (Å²) in [6, 6.07) is 0. The van der Waals surface area contributed by atoms with Crippen molar-refractivity contribution in [1.29, 1.82) is 0 Å². The van der Waals surface area contributed by atoms with Gasteiger partial charge in [0.25, 0.3) is 0 Å². The average molecular weight is 805 g/mol. The van der Waals surface area contributed by atoms with Crippen molar-refractivity contribution in [3.63, 3.8) is 0 Å². The molecule has 57 heavy (non-hydrogen) atoms. The van der Waals surface area contributed by atoms with Gasteiger partial charge in [-0.05, 0) is 153 Å². The zero-order valence-corrected chi connectivity index (χ0v) is 36.7. The second-order valence-electron chi connectivity index (χ2n) is 22.6. The van der Waals surface area contributed by atoms with Crippen LogP contribution in [0.3, 0.4) is 0 Å². The molecule has 8 aliphatic carbocycles. The van der Waals surface area contributed by atoms with Gasteiger partial charge in [0, 0.05) is 26.1 Å². The fourth-order valence-electron chi connectivity index (χ4n) is 17.6. The molecule has 0 radical (unpaired) electrons. The molecule has 8 saturated carbocycles. The first-order valence-electron chi connectivity index (χ1n) is 23.9. The Bertz CT molecular complexity index is 1380. The van der Waals surface area contributed by atoms with Crippen molar-refractivity contribution >= 4 is 17.4 Å². The molecule has 2 spiro atoms. The SMILES string of the molecule is C1CCOC1.CC1CC[C@]2(C)C3C(CC[C@@H]2C1)C1CCC2(OCCO2)[C@@]1(C)[C@H]1OC31.C[C@@H]1CC[C@]2(C)C3C[C@H](O)[C@@]4(C)C(CCC45OCCO5)C3CC[C@@H]2C1.[AlH3].[H-].[Li+]. The number of rotatable bonds is 0. The maximum atomic E-state index is 11.4. The van der Waals surface area contributed by atoms with Gasteiger partial charge in [0.15, 0.2) is 28.9 Å². The maximum Gasteiger partial charge on any atom is 1.00 e. The largest absolute Gasteiger partial charge is 1.00 e. The van der Waals surface area contributed by atoms with E-state index >= 15 is 0 Å². The summed E-state index contributed by atoms with van der Waals surface area (Å²) >= 11 is 0. The molecule has 12 fully saturated rings. The van der Waals surface area contributed by atoms with E-state index in [1.807, 2.05) is 0 Å². The van der Waals surface area contributed by atoms with Gasteiger partial charge in [0.05, 0.1) is 55.6 Å². The van der Waals surface area contributed by atoms with Gasteiger partial charge in [-0.1, -0.05) is 54.4 Å². The quantitative estimate of drug-likeness (QED) is 0.256. The molecule has 0 aromatic carbocycles. The van der Waals surface area contributed by atoms with E-state index in [2.05, 4.69) is 41.5 Å². The number of hydrogen-bond donors (Lipinski definition) is 1. The van der Waals surface area contributed by atoms with Crippen LogP contribution in [-0.4, -0.2) is 92.0 Å². The molecular formula is C48H82AlLiO7. The first kappa shape index (κ1) is 44.5. The molecule has 7 nitrogen and oxygen atoms in total. The number of ether oxygens (including phenoxy) is 6. The van der Waals surface area contributed by atoms with Gasteiger partial charge in [-0.15, -0.1) is 0 Å². The van der Waals surface area contributed by atoms with E-state index in [1.165, 1.54) is 89.9 Å². The van der Waals surface area contributed by atoms with E-state index in [-0.39, 0.29) is 60.4 Å². The Labute approximate surface area is 370 Å². The van der Waals surface area contributed by atoms with Crippen LogP contribution in [0.1, 0.15) is 152 Å². The minimum atomic E-state index is -0.499. The van der Waals surface area contributed by atoms with Crippen molar-refractivity contribution in [1.82, 2.24) is 0 Å². The maximum absolute atomic E-state index is 11.4. The number of epoxide rings is 1. The summed E-state index contributed by atoms with van der Waals surface area (Å²) in [4.78, 5) is 0. The second kappa shape index (κ2) is 16.1. The predicted octanol–water partition coefficient (Wildman–Crippen LogP) is 5.50. The van der Waals surface area contributed by atoms with E-state index in [1.54, 1.807) is 0 Å². The Morgan fingerprint density at radius 1 is 0.544 bits per heavy atom. The first-order valence-corrected chi connectivity index (χ1v) is 23.9. The fraction of sp³-hybridized carbons (Fsp3) is 1.00. The van der Waals surface area contributed by atoms with Crippen molar-refractivity contribution in [2.45, 2.75) is 181 Å². The summed E-state index contributed by atoms with van der Waals surface area (Å²) in [5.74, 6) is 7.17. The van der Waals surface area contributed by atoms with Crippen molar-refractivity contribution in [3.8, 4) is 0 Å². The first-order chi connectivity index (χ1) is 26.4. The smallest absolute Gasteiger partial charge is 1.00 e. The molecule has 12 aliphatic rings. The van der Waals surface area contributed by atoms with Crippen LogP contribution in [0.5, 0.6) is 0 Å². The van der Waals surface area contributed by atoms with Crippen LogP contribution in [0, 0.1) is 80.8 Å². The van der Waals surface area contributed by atoms with Gasteiger partial charge in [0.2, 0.25) is 0 Å². The standard InChI is InChI=1S/C22H34O3.C22H36O3.C4H8O.Al.Li.4H/c1-13-6-8-20(2)14(12-13)4-5-15-16-7-9-22(23-10-11-24-22)21(16,3)19-18(25-19)17(15)20;1-14-6-8-20(2)15(12-14)4-5-16-17-7-9-22(24-10-11-25-22)21(17,3)19(23)13-18(16)20;1-2-4-5-3-1;;;;;;/h13-19H,4-12H2,1-3H3;14-19,23H,4-13H2,1-3H3;1-4H2;;;;;;/q;;;;+1;;;;-1/t13?,14-,15?,16?,17?,18?,19+,20+,21-;14-,15-,16?,17?,18?,19+,20+,21-;;;;;;;/m11......./s1. The van der Waals surface area contributed by atoms with Gasteiger partial charge in [-0.25, -0.2) is 0 Å². The molecule has 17 atom stereocenters. The minimum Gasteiger partial charge on any atom is -1.00 e. The third-order valence-electron chi connectivity index (χ3n) is 20.6. The van der Waals surface area contributed by atoms with E-state index in [0.717, 1.165) is 93.0 Å². The van der Waals surface area contributed by atoms with Crippen LogP contribution >= 0.6 is 0 Å². The Kier molecular flexibility index (Phi) is 12.6. The van der Waals surface area contributed by atoms with Gasteiger partial charge in [-0.3, -0.25) is 0 Å². The zero-order valence-electron chi connectivity index (χ0n) is 37.7. The number of fused-ring (bicyclic) bond motifs is 15. The summed E-state index contributed by atoms with van der Waals surface area (Å²) in [5.41, 5.74) is 0.838. The van der Waals surface area contributed by atoms with Crippen LogP contribution in [-0.2, 0) is 28.4 Å². The summed E-state index contributed by atoms with van der Waals surface area (Å²) < 4.78 is 36.4. The van der Waals surface area contributed by atoms with E-state index in [9.17, 15) is 5.11 Å². The predicted molar refractivity (Wildman–Crippen MR) is 223 cm³/mol. The average Bonchev–Trinajstić information content (AvgIpc) is 3.78. The van der Waals surface area contributed by atoms with E-state index in [4.69, 9.17) is 28.4 Å². The molecule has 8 unspecified atom stereocenters. The van der Waals surface area contributed by atoms with Gasteiger partial charge in [0.1, 0.15) is 0 Å². The third kappa shape index (κ3) is 6.53. The van der Waals surface area contributed by atoms with Crippen LogP contribution in [0.25, 0.3) is 0 Å². The monoisotopic (exact) mass is 805 g/mol. The zero-order chi connectivity index (χ0) is 38.0. The second-order valence-corrected chi connectivity index (χ2v) is 22.6. The third-order valence-corrected chi connectivity index (χ3v) is 20.6. The number of aliphatic hydroxyl groups excluding tert-OH is 1. The molecule has 4 saturated heterocycles. The fourth-order valence-corrected chi connectivity index (χ4v) is 17.6. The Hall–Kier alpha value is 0.850. The number of aliphatic hydroxyl groups is 1. The topological polar surface area (TPSA) is 78.9 Å². The summed E-state index contributed by atoms with van der Waals surface area (Å²) in [7, 11) is 0. The molecule has 320 valence electrons. The molecule has 0 bridgehead atoms. The van der Waals surface area contributed by atoms with Crippen molar-refractivity contribution < 1.29 is 53.8 Å². The van der Waals surface area contributed by atoms with Crippen LogP contribution in [0.15, 0.2) is 0 Å². The van der Waals surface area contributed by atoms with E-state index in [0.29, 0.717) is 48.1 Å². The van der Waals surface area contributed by atoms with Gasteiger partial charge in [-0.2, -0.15) is 0 Å². The van der Waals surface area contributed by atoms with Gasteiger partial charge >= 0.3 is 18.9 Å². The summed E-state index contributed by atoms with van der Waals surface area (Å²) in [6.07, 6.45) is 22.7. The minimum absolute atomic E-state index is 0. The van der Waals surface area contributed by atoms with Crippen LogP contribution < -0.4 is 18.9 Å². The molecule has 12 rings (SSSR count). The van der Waals surface area contributed by atoms with Gasteiger partial charge < -0.3 is 35.0 Å². The van der Waals surface area contributed by atoms with Crippen molar-refractivity contribution in [3.05, 3.63) is 0 Å². The molecule has 1 N–H and O–H groups in total. The molecule has 4 heterocycles. The van der Waals surface area contributed by atoms with Crippen LogP contribution in [0.2, 0.25) is 0 Å². The molecule has 9 heteroatoms. The molecule has 4 aliphatic heterocycles. The van der Waals surface area contributed by atoms with Crippen LogP contribution in [0.4, 0.5) is 0 Å². The Morgan fingerprint density at radius 3 is 1.61 bits per heavy atom. The summed E-state index contributed by atoms with van der Waals surface area (Å²) in [6.45, 7) is 19.8. The van der Waals surface area contributed by atoms with E-state index < -0.39 is 5.79 Å². The molecule has 0 aromatic rings. The van der Waals surface area contributed by atoms with Crippen molar-refractivity contribution in [2.24, 2.45) is 80.8 Å². The molecule has 0 amide bonds. The normalized spacial score (nSPS) is 54.1. The molecular weight excluding hydrogens is 722 g/mol. The van der Waals surface area contributed by atoms with Crippen molar-refractivity contribution in [2.75, 3.05) is 39.6 Å². The Morgan fingerprint density at radius 2 is 1.05 bits per heavy atom.